The van der Waals surface area contributed by atoms with Crippen molar-refractivity contribution < 1.29 is 9.59 Å². The first kappa shape index (κ1) is 14.8. The molecule has 0 bridgehead atoms. The van der Waals surface area contributed by atoms with E-state index in [1.54, 1.807) is 21.6 Å². The van der Waals surface area contributed by atoms with E-state index in [1.807, 2.05) is 13.8 Å². The predicted octanol–water partition coefficient (Wildman–Crippen LogP) is -0.0604. The Morgan fingerprint density at radius 1 is 1.11 bits per heavy atom. The average molecular weight is 256 g/mol. The molecule has 0 saturated carbocycles. The number of carbonyl (C=O) groups excluding carboxylic acids is 2. The topological polar surface area (TPSA) is 69.9 Å². The third kappa shape index (κ3) is 3.35. The Balaban J connectivity index is 2.49. The highest BCUT2D eigenvalue weighted by atomic mass is 16.2. The third-order valence-electron chi connectivity index (χ3n) is 3.29. The summed E-state index contributed by atoms with van der Waals surface area (Å²) in [5, 5.41) is 0. The molecule has 0 aromatic rings. The van der Waals surface area contributed by atoms with Gasteiger partial charge < -0.3 is 20.4 Å². The number of nitrogens with two attached hydrogens (primary N) is 1. The minimum atomic E-state index is -0.463. The van der Waals surface area contributed by atoms with Gasteiger partial charge in [-0.1, -0.05) is 0 Å². The van der Waals surface area contributed by atoms with Crippen molar-refractivity contribution >= 4 is 11.9 Å². The van der Waals surface area contributed by atoms with Crippen molar-refractivity contribution in [2.45, 2.75) is 26.8 Å². The molecule has 1 atom stereocenters. The molecule has 0 aliphatic carbocycles. The molecule has 1 aliphatic rings. The Hall–Kier alpha value is -1.30. The van der Waals surface area contributed by atoms with Gasteiger partial charge >= 0.3 is 6.03 Å². The number of hydrogen-bond acceptors (Lipinski definition) is 3. The molecule has 6 heteroatoms. The highest BCUT2D eigenvalue weighted by Gasteiger charge is 2.27. The molecular weight excluding hydrogens is 232 g/mol. The van der Waals surface area contributed by atoms with Gasteiger partial charge in [0.05, 0.1) is 6.04 Å². The Morgan fingerprint density at radius 2 is 1.56 bits per heavy atom. The van der Waals surface area contributed by atoms with Gasteiger partial charge in [0.1, 0.15) is 0 Å². The van der Waals surface area contributed by atoms with Crippen LogP contribution in [0.25, 0.3) is 0 Å². The number of hydrogen-bond donors (Lipinski definition) is 1. The van der Waals surface area contributed by atoms with E-state index in [9.17, 15) is 9.59 Å². The summed E-state index contributed by atoms with van der Waals surface area (Å²) in [4.78, 5) is 29.1. The maximum atomic E-state index is 12.1. The predicted molar refractivity (Wildman–Crippen MR) is 70.1 cm³/mol. The van der Waals surface area contributed by atoms with E-state index in [1.165, 1.54) is 0 Å². The molecule has 1 heterocycles. The van der Waals surface area contributed by atoms with Crippen LogP contribution in [0.1, 0.15) is 20.8 Å². The number of carbonyl (C=O) groups is 2. The largest absolute Gasteiger partial charge is 0.338 e. The molecule has 0 aromatic heterocycles. The fourth-order valence-electron chi connectivity index (χ4n) is 2.10. The highest BCUT2D eigenvalue weighted by Crippen LogP contribution is 2.06. The lowest BCUT2D eigenvalue weighted by atomic mass is 10.2. The maximum absolute atomic E-state index is 12.1. The van der Waals surface area contributed by atoms with E-state index in [0.29, 0.717) is 39.3 Å². The average Bonchev–Trinajstić information content (AvgIpc) is 2.39. The van der Waals surface area contributed by atoms with Crippen molar-refractivity contribution in [2.24, 2.45) is 5.73 Å². The molecule has 1 fully saturated rings. The minimum absolute atomic E-state index is 0.0371. The molecule has 0 spiro atoms. The van der Waals surface area contributed by atoms with E-state index < -0.39 is 6.04 Å². The number of amides is 3. The van der Waals surface area contributed by atoms with Crippen LogP contribution in [0.15, 0.2) is 0 Å². The van der Waals surface area contributed by atoms with Crippen molar-refractivity contribution in [3.63, 3.8) is 0 Å². The van der Waals surface area contributed by atoms with Crippen LogP contribution in [-0.4, -0.2) is 71.9 Å². The first-order chi connectivity index (χ1) is 8.51. The molecule has 0 unspecified atom stereocenters. The highest BCUT2D eigenvalue weighted by molar-refractivity contribution is 5.81. The van der Waals surface area contributed by atoms with Crippen molar-refractivity contribution in [2.75, 3.05) is 39.3 Å². The molecule has 1 aliphatic heterocycles. The van der Waals surface area contributed by atoms with Crippen LogP contribution in [0.2, 0.25) is 0 Å². The number of urea groups is 1. The van der Waals surface area contributed by atoms with E-state index in [-0.39, 0.29) is 11.9 Å². The van der Waals surface area contributed by atoms with Crippen LogP contribution in [0, 0.1) is 0 Å². The van der Waals surface area contributed by atoms with Gasteiger partial charge in [0.15, 0.2) is 0 Å². The van der Waals surface area contributed by atoms with Crippen LogP contribution in [-0.2, 0) is 4.79 Å². The van der Waals surface area contributed by atoms with E-state index in [2.05, 4.69) is 0 Å². The smallest absolute Gasteiger partial charge is 0.320 e. The van der Waals surface area contributed by atoms with Gasteiger partial charge in [-0.2, -0.15) is 0 Å². The van der Waals surface area contributed by atoms with Gasteiger partial charge in [-0.25, -0.2) is 4.79 Å². The second-order valence-electron chi connectivity index (χ2n) is 4.56. The second kappa shape index (κ2) is 6.58. The summed E-state index contributed by atoms with van der Waals surface area (Å²) in [5.41, 5.74) is 5.57. The zero-order chi connectivity index (χ0) is 13.7. The Bertz CT molecular complexity index is 294. The van der Waals surface area contributed by atoms with Crippen LogP contribution in [0.5, 0.6) is 0 Å². The first-order valence-corrected chi connectivity index (χ1v) is 6.59. The van der Waals surface area contributed by atoms with Gasteiger partial charge in [0.25, 0.3) is 0 Å². The molecule has 0 aromatic carbocycles. The Morgan fingerprint density at radius 3 is 1.94 bits per heavy atom. The normalized spacial score (nSPS) is 17.6. The van der Waals surface area contributed by atoms with E-state index in [4.69, 9.17) is 5.73 Å². The van der Waals surface area contributed by atoms with Gasteiger partial charge in [-0.15, -0.1) is 0 Å². The fourth-order valence-corrected chi connectivity index (χ4v) is 2.10. The molecule has 3 amide bonds. The number of rotatable bonds is 3. The first-order valence-electron chi connectivity index (χ1n) is 6.59. The van der Waals surface area contributed by atoms with Gasteiger partial charge in [0, 0.05) is 39.3 Å². The van der Waals surface area contributed by atoms with E-state index >= 15 is 0 Å². The molecular formula is C12H24N4O2. The molecule has 2 N–H and O–H groups in total. The molecule has 18 heavy (non-hydrogen) atoms. The standard InChI is InChI=1S/C12H24N4O2/c1-4-14(5-2)12(18)16-8-6-15(7-9-16)11(17)10(3)13/h10H,4-9,13H2,1-3H3/t10-/m0/s1. The lowest BCUT2D eigenvalue weighted by Crippen LogP contribution is -2.56. The molecule has 0 radical (unpaired) electrons. The zero-order valence-corrected chi connectivity index (χ0v) is 11.6. The summed E-state index contributed by atoms with van der Waals surface area (Å²) in [6.45, 7) is 9.40. The molecule has 104 valence electrons. The number of piperazine rings is 1. The van der Waals surface area contributed by atoms with E-state index in [0.717, 1.165) is 0 Å². The summed E-state index contributed by atoms with van der Waals surface area (Å²) in [6, 6.07) is -0.400. The molecule has 1 rings (SSSR count). The maximum Gasteiger partial charge on any atom is 0.320 e. The van der Waals surface area contributed by atoms with Crippen molar-refractivity contribution in [1.82, 2.24) is 14.7 Å². The fraction of sp³-hybridized carbons (Fsp3) is 0.833. The summed E-state index contributed by atoms with van der Waals surface area (Å²) in [6.07, 6.45) is 0. The van der Waals surface area contributed by atoms with Gasteiger partial charge in [-0.3, -0.25) is 4.79 Å². The summed E-state index contributed by atoms with van der Waals surface area (Å²) < 4.78 is 0. The van der Waals surface area contributed by atoms with Gasteiger partial charge in [-0.05, 0) is 20.8 Å². The molecule has 6 nitrogen and oxygen atoms in total. The summed E-state index contributed by atoms with van der Waals surface area (Å²) >= 11 is 0. The van der Waals surface area contributed by atoms with Crippen LogP contribution < -0.4 is 5.73 Å². The SMILES string of the molecule is CCN(CC)C(=O)N1CCN(C(=O)[C@H](C)N)CC1. The van der Waals surface area contributed by atoms with Crippen molar-refractivity contribution in [1.29, 1.82) is 0 Å². The van der Waals surface area contributed by atoms with Crippen molar-refractivity contribution in [3.8, 4) is 0 Å². The van der Waals surface area contributed by atoms with Crippen LogP contribution >= 0.6 is 0 Å². The van der Waals surface area contributed by atoms with Gasteiger partial charge in [0.2, 0.25) is 5.91 Å². The van der Waals surface area contributed by atoms with Crippen molar-refractivity contribution in [3.05, 3.63) is 0 Å². The lowest BCUT2D eigenvalue weighted by Gasteiger charge is -2.37. The zero-order valence-electron chi connectivity index (χ0n) is 11.6. The number of nitrogens with zero attached hydrogens (tertiary/aromatic N) is 3. The Kier molecular flexibility index (Phi) is 5.40. The lowest BCUT2D eigenvalue weighted by molar-refractivity contribution is -0.133. The van der Waals surface area contributed by atoms with Crippen LogP contribution in [0.4, 0.5) is 4.79 Å². The summed E-state index contributed by atoms with van der Waals surface area (Å²) in [5.74, 6) is -0.0371. The monoisotopic (exact) mass is 256 g/mol. The Labute approximate surface area is 109 Å². The summed E-state index contributed by atoms with van der Waals surface area (Å²) in [7, 11) is 0. The quantitative estimate of drug-likeness (QED) is 0.769. The minimum Gasteiger partial charge on any atom is -0.338 e. The third-order valence-corrected chi connectivity index (χ3v) is 3.29. The van der Waals surface area contributed by atoms with Crippen LogP contribution in [0.3, 0.4) is 0 Å². The molecule has 1 saturated heterocycles. The second-order valence-corrected chi connectivity index (χ2v) is 4.56.